The van der Waals surface area contributed by atoms with Crippen molar-refractivity contribution in [2.24, 2.45) is 11.8 Å². The molecule has 7 heteroatoms. The fraction of sp³-hybridized carbons (Fsp3) is 0.484. The van der Waals surface area contributed by atoms with Crippen LogP contribution in [-0.2, 0) is 4.74 Å². The zero-order chi connectivity index (χ0) is 25.7. The molecule has 2 aromatic carbocycles. The van der Waals surface area contributed by atoms with Crippen LogP contribution in [0.4, 0.5) is 11.5 Å². The van der Waals surface area contributed by atoms with Gasteiger partial charge < -0.3 is 19.7 Å². The molecular formula is C31H38N4O3. The Labute approximate surface area is 225 Å². The molecule has 0 bridgehead atoms. The first-order valence-electron chi connectivity index (χ1n) is 14.2. The van der Waals surface area contributed by atoms with E-state index < -0.39 is 0 Å². The van der Waals surface area contributed by atoms with Gasteiger partial charge in [0.2, 0.25) is 0 Å². The second-order valence-electron chi connectivity index (χ2n) is 10.8. The standard InChI is InChI=1S/C31H38N4O3/c36-31(28-10-5-11-30(32-28)35-15-14-23-6-1-2-7-24(23)22-35)33-27-12-13-29(26-9-4-3-8-25(26)27)38-21-18-34-16-19-37-20-17-34/h3-5,8-13,23-24H,1-2,6-7,14-22H2,(H,33,36). The van der Waals surface area contributed by atoms with Crippen LogP contribution in [0.5, 0.6) is 5.75 Å². The maximum Gasteiger partial charge on any atom is 0.274 e. The molecule has 1 amide bonds. The number of piperidine rings is 1. The van der Waals surface area contributed by atoms with Gasteiger partial charge in [0.25, 0.3) is 5.91 Å². The summed E-state index contributed by atoms with van der Waals surface area (Å²) in [6, 6.07) is 17.7. The Kier molecular flexibility index (Phi) is 7.74. The largest absolute Gasteiger partial charge is 0.492 e. The van der Waals surface area contributed by atoms with Gasteiger partial charge in [-0.15, -0.1) is 0 Å². The highest BCUT2D eigenvalue weighted by atomic mass is 16.5. The number of benzene rings is 2. The van der Waals surface area contributed by atoms with Gasteiger partial charge >= 0.3 is 0 Å². The molecule has 2 aliphatic heterocycles. The molecule has 3 fully saturated rings. The Balaban J connectivity index is 1.14. The van der Waals surface area contributed by atoms with Crippen LogP contribution in [0.2, 0.25) is 0 Å². The van der Waals surface area contributed by atoms with Crippen LogP contribution in [0.25, 0.3) is 10.8 Å². The summed E-state index contributed by atoms with van der Waals surface area (Å²) in [7, 11) is 0. The molecule has 38 heavy (non-hydrogen) atoms. The zero-order valence-electron chi connectivity index (χ0n) is 22.1. The molecule has 3 aromatic rings. The lowest BCUT2D eigenvalue weighted by Crippen LogP contribution is -2.42. The van der Waals surface area contributed by atoms with Gasteiger partial charge in [0.05, 0.1) is 13.2 Å². The Hall–Kier alpha value is -3.16. The first-order chi connectivity index (χ1) is 18.7. The predicted molar refractivity (Wildman–Crippen MR) is 151 cm³/mol. The highest BCUT2D eigenvalue weighted by molar-refractivity contribution is 6.09. The number of anilines is 2. The molecule has 0 radical (unpaired) electrons. The predicted octanol–water partition coefficient (Wildman–Crippen LogP) is 5.21. The minimum absolute atomic E-state index is 0.189. The maximum atomic E-state index is 13.3. The molecule has 6 rings (SSSR count). The highest BCUT2D eigenvalue weighted by Crippen LogP contribution is 2.37. The van der Waals surface area contributed by atoms with E-state index in [-0.39, 0.29) is 5.91 Å². The summed E-state index contributed by atoms with van der Waals surface area (Å²) in [5, 5.41) is 5.06. The molecule has 1 N–H and O–H groups in total. The number of nitrogens with one attached hydrogen (secondary N) is 1. The number of carbonyl (C=O) groups is 1. The topological polar surface area (TPSA) is 66.9 Å². The number of hydrogen-bond donors (Lipinski definition) is 1. The first kappa shape index (κ1) is 25.1. The van der Waals surface area contributed by atoms with Crippen molar-refractivity contribution in [1.29, 1.82) is 0 Å². The Bertz CT molecular complexity index is 1260. The Morgan fingerprint density at radius 2 is 1.74 bits per heavy atom. The lowest BCUT2D eigenvalue weighted by atomic mass is 9.75. The van der Waals surface area contributed by atoms with Crippen molar-refractivity contribution in [3.8, 4) is 5.75 Å². The number of morpholine rings is 1. The first-order valence-corrected chi connectivity index (χ1v) is 14.2. The van der Waals surface area contributed by atoms with E-state index in [1.165, 1.54) is 32.1 Å². The molecule has 200 valence electrons. The number of aromatic nitrogens is 1. The van der Waals surface area contributed by atoms with E-state index in [1.54, 1.807) is 6.07 Å². The van der Waals surface area contributed by atoms with Crippen LogP contribution >= 0.6 is 0 Å². The molecule has 1 aromatic heterocycles. The molecule has 7 nitrogen and oxygen atoms in total. The van der Waals surface area contributed by atoms with E-state index in [1.807, 2.05) is 48.5 Å². The molecule has 1 aliphatic carbocycles. The van der Waals surface area contributed by atoms with Gasteiger partial charge in [0.15, 0.2) is 0 Å². The third-order valence-corrected chi connectivity index (χ3v) is 8.48. The van der Waals surface area contributed by atoms with Crippen molar-refractivity contribution in [1.82, 2.24) is 9.88 Å². The number of carbonyl (C=O) groups excluding carboxylic acids is 1. The number of ether oxygens (including phenoxy) is 2. The van der Waals surface area contributed by atoms with Crippen LogP contribution < -0.4 is 15.0 Å². The van der Waals surface area contributed by atoms with Gasteiger partial charge in [0.1, 0.15) is 23.9 Å². The zero-order valence-corrected chi connectivity index (χ0v) is 22.1. The number of fused-ring (bicyclic) bond motifs is 2. The van der Waals surface area contributed by atoms with Crippen molar-refractivity contribution < 1.29 is 14.3 Å². The second-order valence-corrected chi connectivity index (χ2v) is 10.8. The van der Waals surface area contributed by atoms with Gasteiger partial charge in [-0.3, -0.25) is 9.69 Å². The van der Waals surface area contributed by atoms with Crippen molar-refractivity contribution in [3.63, 3.8) is 0 Å². The van der Waals surface area contributed by atoms with Crippen LogP contribution in [0.15, 0.2) is 54.6 Å². The third kappa shape index (κ3) is 5.64. The van der Waals surface area contributed by atoms with E-state index in [4.69, 9.17) is 14.5 Å². The lowest BCUT2D eigenvalue weighted by molar-refractivity contribution is 0.0323. The van der Waals surface area contributed by atoms with Crippen LogP contribution in [-0.4, -0.2) is 68.3 Å². The summed E-state index contributed by atoms with van der Waals surface area (Å²) in [6.45, 7) is 7.03. The van der Waals surface area contributed by atoms with Gasteiger partial charge in [-0.2, -0.15) is 0 Å². The van der Waals surface area contributed by atoms with Gasteiger partial charge in [-0.1, -0.05) is 49.6 Å². The minimum Gasteiger partial charge on any atom is -0.492 e. The van der Waals surface area contributed by atoms with Gasteiger partial charge in [-0.05, 0) is 48.9 Å². The van der Waals surface area contributed by atoms with Crippen LogP contribution in [0, 0.1) is 11.8 Å². The highest BCUT2D eigenvalue weighted by Gasteiger charge is 2.31. The summed E-state index contributed by atoms with van der Waals surface area (Å²) < 4.78 is 11.6. The molecular weight excluding hydrogens is 476 g/mol. The van der Waals surface area contributed by atoms with E-state index in [0.29, 0.717) is 12.3 Å². The number of amides is 1. The molecule has 1 saturated carbocycles. The summed E-state index contributed by atoms with van der Waals surface area (Å²) >= 11 is 0. The fourth-order valence-corrected chi connectivity index (χ4v) is 6.34. The monoisotopic (exact) mass is 514 g/mol. The van der Waals surface area contributed by atoms with Crippen LogP contribution in [0.3, 0.4) is 0 Å². The molecule has 3 heterocycles. The normalized spacial score (nSPS) is 22.2. The van der Waals surface area contributed by atoms with Gasteiger partial charge in [-0.25, -0.2) is 4.98 Å². The van der Waals surface area contributed by atoms with E-state index in [0.717, 1.165) is 85.8 Å². The van der Waals surface area contributed by atoms with Crippen LogP contribution in [0.1, 0.15) is 42.6 Å². The third-order valence-electron chi connectivity index (χ3n) is 8.48. The molecule has 2 atom stereocenters. The van der Waals surface area contributed by atoms with Crippen molar-refractivity contribution >= 4 is 28.2 Å². The average molecular weight is 515 g/mol. The van der Waals surface area contributed by atoms with E-state index >= 15 is 0 Å². The number of hydrogen-bond acceptors (Lipinski definition) is 6. The van der Waals surface area contributed by atoms with E-state index in [9.17, 15) is 4.79 Å². The maximum absolute atomic E-state index is 13.3. The van der Waals surface area contributed by atoms with E-state index in [2.05, 4.69) is 15.1 Å². The molecule has 2 saturated heterocycles. The quantitative estimate of drug-likeness (QED) is 0.467. The molecule has 0 spiro atoms. The Morgan fingerprint density at radius 1 is 0.921 bits per heavy atom. The lowest BCUT2D eigenvalue weighted by Gasteiger charge is -2.41. The van der Waals surface area contributed by atoms with Crippen molar-refractivity contribution in [2.75, 3.05) is 62.8 Å². The average Bonchev–Trinajstić information content (AvgIpc) is 2.98. The number of rotatable bonds is 7. The number of pyridine rings is 1. The minimum atomic E-state index is -0.189. The summed E-state index contributed by atoms with van der Waals surface area (Å²) in [5.41, 5.74) is 1.21. The second kappa shape index (κ2) is 11.7. The summed E-state index contributed by atoms with van der Waals surface area (Å²) in [4.78, 5) is 22.8. The van der Waals surface area contributed by atoms with Crippen molar-refractivity contribution in [2.45, 2.75) is 32.1 Å². The SMILES string of the molecule is O=C(Nc1ccc(OCCN2CCOCC2)c2ccccc12)c1cccc(N2CCC3CCCCC3C2)n1. The Morgan fingerprint density at radius 3 is 2.61 bits per heavy atom. The molecule has 2 unspecified atom stereocenters. The summed E-state index contributed by atoms with van der Waals surface area (Å²) in [5.74, 6) is 3.18. The smallest absolute Gasteiger partial charge is 0.274 e. The summed E-state index contributed by atoms with van der Waals surface area (Å²) in [6.07, 6.45) is 6.65. The van der Waals surface area contributed by atoms with Crippen molar-refractivity contribution in [3.05, 3.63) is 60.3 Å². The fourth-order valence-electron chi connectivity index (χ4n) is 6.34. The molecule has 3 aliphatic rings. The van der Waals surface area contributed by atoms with Gasteiger partial charge in [0, 0.05) is 49.2 Å². The number of nitrogens with zero attached hydrogens (tertiary/aromatic N) is 3.